The highest BCUT2D eigenvalue weighted by Gasteiger charge is 2.26. The van der Waals surface area contributed by atoms with E-state index in [-0.39, 0.29) is 0 Å². The number of piperidine rings is 1. The number of nitriles is 1. The third-order valence-corrected chi connectivity index (χ3v) is 8.96. The van der Waals surface area contributed by atoms with Gasteiger partial charge in [-0.05, 0) is 69.1 Å². The predicted molar refractivity (Wildman–Crippen MR) is 149 cm³/mol. The van der Waals surface area contributed by atoms with Crippen LogP contribution in [0.2, 0.25) is 5.02 Å². The molecule has 0 radical (unpaired) electrons. The first-order valence-corrected chi connectivity index (χ1v) is 14.3. The molecular weight excluding hydrogens is 518 g/mol. The summed E-state index contributed by atoms with van der Waals surface area (Å²) in [6.07, 6.45) is 3.50. The fraction of sp³-hybridized carbons (Fsp3) is 0.414. The number of nitrogens with zero attached hydrogens (tertiary/aromatic N) is 5. The number of aromatic nitrogens is 3. The number of ether oxygens (including phenoxy) is 2. The van der Waals surface area contributed by atoms with Crippen LogP contribution < -0.4 is 4.74 Å². The molecule has 0 spiro atoms. The Morgan fingerprint density at radius 2 is 2.00 bits per heavy atom. The van der Waals surface area contributed by atoms with Crippen molar-refractivity contribution in [3.8, 4) is 11.9 Å². The molecular formula is C29H30ClN5O2S. The van der Waals surface area contributed by atoms with Crippen molar-refractivity contribution in [1.82, 2.24) is 19.4 Å². The number of pyridine rings is 1. The van der Waals surface area contributed by atoms with Gasteiger partial charge in [0.1, 0.15) is 23.4 Å². The largest absolute Gasteiger partial charge is 0.472 e. The maximum Gasteiger partial charge on any atom is 0.213 e. The summed E-state index contributed by atoms with van der Waals surface area (Å²) in [5.41, 5.74) is 4.60. The average molecular weight is 548 g/mol. The van der Waals surface area contributed by atoms with Crippen molar-refractivity contribution < 1.29 is 9.47 Å². The molecule has 2 aliphatic rings. The highest BCUT2D eigenvalue weighted by molar-refractivity contribution is 7.13. The standard InChI is InChI=1S/C29H30ClN5O2S/c1-19-5-6-25-26(13-19)35(16-21-9-12-36-21)28(32-25)17-34-10-7-20(8-11-34)24-3-2-4-29(33-24)37-18-27-23(30)14-22(15-31)38-27/h2-6,13-14,20-21H,7-12,16-18H2,1H3/t21-/m0/s1. The highest BCUT2D eigenvalue weighted by atomic mass is 35.5. The van der Waals surface area contributed by atoms with Gasteiger partial charge in [0.15, 0.2) is 0 Å². The van der Waals surface area contributed by atoms with Crippen LogP contribution in [0, 0.1) is 18.3 Å². The predicted octanol–water partition coefficient (Wildman–Crippen LogP) is 6.07. The minimum atomic E-state index is 0.294. The second kappa shape index (κ2) is 11.0. The molecule has 196 valence electrons. The van der Waals surface area contributed by atoms with Gasteiger partial charge in [-0.2, -0.15) is 5.26 Å². The van der Waals surface area contributed by atoms with Gasteiger partial charge in [-0.3, -0.25) is 4.90 Å². The minimum absolute atomic E-state index is 0.294. The summed E-state index contributed by atoms with van der Waals surface area (Å²) in [5, 5.41) is 9.65. The van der Waals surface area contributed by atoms with Crippen LogP contribution in [0.15, 0.2) is 42.5 Å². The zero-order chi connectivity index (χ0) is 26.1. The molecule has 6 rings (SSSR count). The van der Waals surface area contributed by atoms with Crippen LogP contribution in [0.25, 0.3) is 11.0 Å². The van der Waals surface area contributed by atoms with Gasteiger partial charge in [-0.25, -0.2) is 9.97 Å². The molecule has 0 bridgehead atoms. The normalized spacial score (nSPS) is 18.4. The zero-order valence-corrected chi connectivity index (χ0v) is 23.0. The number of aryl methyl sites for hydroxylation is 1. The summed E-state index contributed by atoms with van der Waals surface area (Å²) >= 11 is 7.59. The first kappa shape index (κ1) is 25.3. The molecule has 0 saturated carbocycles. The van der Waals surface area contributed by atoms with Gasteiger partial charge in [-0.15, -0.1) is 11.3 Å². The number of benzene rings is 1. The number of hydrogen-bond acceptors (Lipinski definition) is 7. The van der Waals surface area contributed by atoms with Crippen LogP contribution in [0.1, 0.15) is 52.0 Å². The molecule has 3 aromatic heterocycles. The molecule has 0 N–H and O–H groups in total. The summed E-state index contributed by atoms with van der Waals surface area (Å²) in [6, 6.07) is 16.3. The Hall–Kier alpha value is -2.96. The lowest BCUT2D eigenvalue weighted by Crippen LogP contribution is -2.35. The molecule has 1 aromatic carbocycles. The molecule has 2 aliphatic heterocycles. The molecule has 2 saturated heterocycles. The number of halogens is 1. The van der Waals surface area contributed by atoms with Gasteiger partial charge in [0.05, 0.1) is 40.1 Å². The third-order valence-electron chi connectivity index (χ3n) is 7.50. The highest BCUT2D eigenvalue weighted by Crippen LogP contribution is 2.31. The van der Waals surface area contributed by atoms with E-state index >= 15 is 0 Å². The zero-order valence-electron chi connectivity index (χ0n) is 21.4. The fourth-order valence-corrected chi connectivity index (χ4v) is 6.37. The Bertz CT molecular complexity index is 1480. The fourth-order valence-electron chi connectivity index (χ4n) is 5.26. The third kappa shape index (κ3) is 5.43. The van der Waals surface area contributed by atoms with Crippen LogP contribution in [-0.2, 0) is 24.4 Å². The van der Waals surface area contributed by atoms with Gasteiger partial charge >= 0.3 is 0 Å². The SMILES string of the molecule is Cc1ccc2nc(CN3CCC(c4cccc(OCc5sc(C#N)cc5Cl)n4)CC3)n(C[C@@H]3CCO3)c2c1. The Morgan fingerprint density at radius 1 is 1.16 bits per heavy atom. The van der Waals surface area contributed by atoms with E-state index in [1.807, 2.05) is 12.1 Å². The van der Waals surface area contributed by atoms with Crippen LogP contribution in [0.5, 0.6) is 5.88 Å². The molecule has 0 aliphatic carbocycles. The first-order chi connectivity index (χ1) is 18.6. The van der Waals surface area contributed by atoms with E-state index in [1.165, 1.54) is 22.4 Å². The van der Waals surface area contributed by atoms with Gasteiger partial charge in [-0.1, -0.05) is 23.7 Å². The van der Waals surface area contributed by atoms with Crippen molar-refractivity contribution in [1.29, 1.82) is 5.26 Å². The van der Waals surface area contributed by atoms with E-state index in [9.17, 15) is 0 Å². The second-order valence-electron chi connectivity index (χ2n) is 10.1. The molecule has 2 fully saturated rings. The van der Waals surface area contributed by atoms with Crippen LogP contribution in [-0.4, -0.2) is 45.2 Å². The maximum atomic E-state index is 9.08. The first-order valence-electron chi connectivity index (χ1n) is 13.1. The van der Waals surface area contributed by atoms with E-state index in [0.717, 1.165) is 74.0 Å². The van der Waals surface area contributed by atoms with E-state index in [2.05, 4.69) is 46.7 Å². The molecule has 38 heavy (non-hydrogen) atoms. The lowest BCUT2D eigenvalue weighted by molar-refractivity contribution is -0.0592. The lowest BCUT2D eigenvalue weighted by atomic mass is 9.93. The molecule has 0 unspecified atom stereocenters. The lowest BCUT2D eigenvalue weighted by Gasteiger charge is -2.32. The number of rotatable bonds is 8. The molecule has 7 nitrogen and oxygen atoms in total. The maximum absolute atomic E-state index is 9.08. The Balaban J connectivity index is 1.09. The summed E-state index contributed by atoms with van der Waals surface area (Å²) < 4.78 is 14.1. The van der Waals surface area contributed by atoms with Crippen molar-refractivity contribution in [3.63, 3.8) is 0 Å². The smallest absolute Gasteiger partial charge is 0.213 e. The Kier molecular flexibility index (Phi) is 7.35. The van der Waals surface area contributed by atoms with Gasteiger partial charge in [0.2, 0.25) is 5.88 Å². The van der Waals surface area contributed by atoms with Crippen LogP contribution >= 0.6 is 22.9 Å². The van der Waals surface area contributed by atoms with Crippen LogP contribution in [0.3, 0.4) is 0 Å². The van der Waals surface area contributed by atoms with Gasteiger partial charge in [0, 0.05) is 24.3 Å². The van der Waals surface area contributed by atoms with Crippen molar-refractivity contribution in [2.45, 2.75) is 57.9 Å². The average Bonchev–Trinajstić information content (AvgIpc) is 3.44. The molecule has 1 atom stereocenters. The summed E-state index contributed by atoms with van der Waals surface area (Å²) in [6.45, 7) is 7.03. The van der Waals surface area contributed by atoms with Crippen molar-refractivity contribution in [2.24, 2.45) is 0 Å². The number of imidazole rings is 1. The van der Waals surface area contributed by atoms with Crippen molar-refractivity contribution in [3.05, 3.63) is 74.3 Å². The quantitative estimate of drug-likeness (QED) is 0.266. The summed E-state index contributed by atoms with van der Waals surface area (Å²) in [5.74, 6) is 2.12. The summed E-state index contributed by atoms with van der Waals surface area (Å²) in [4.78, 5) is 13.8. The Labute approximate surface area is 231 Å². The van der Waals surface area contributed by atoms with Crippen molar-refractivity contribution in [2.75, 3.05) is 19.7 Å². The minimum Gasteiger partial charge on any atom is -0.472 e. The van der Waals surface area contributed by atoms with E-state index in [1.54, 1.807) is 6.07 Å². The van der Waals surface area contributed by atoms with E-state index in [4.69, 9.17) is 36.3 Å². The van der Waals surface area contributed by atoms with Gasteiger partial charge < -0.3 is 14.0 Å². The summed E-state index contributed by atoms with van der Waals surface area (Å²) in [7, 11) is 0. The molecule has 4 aromatic rings. The molecule has 5 heterocycles. The monoisotopic (exact) mass is 547 g/mol. The topological polar surface area (TPSA) is 76.2 Å². The number of thiophene rings is 1. The van der Waals surface area contributed by atoms with Crippen molar-refractivity contribution >= 4 is 34.0 Å². The van der Waals surface area contributed by atoms with Crippen LogP contribution in [0.4, 0.5) is 0 Å². The van der Waals surface area contributed by atoms with E-state index in [0.29, 0.717) is 34.4 Å². The van der Waals surface area contributed by atoms with E-state index < -0.39 is 0 Å². The number of hydrogen-bond donors (Lipinski definition) is 0. The second-order valence-corrected chi connectivity index (χ2v) is 11.7. The Morgan fingerprint density at radius 3 is 2.74 bits per heavy atom. The van der Waals surface area contributed by atoms with Gasteiger partial charge in [0.25, 0.3) is 0 Å². The molecule has 0 amide bonds. The number of fused-ring (bicyclic) bond motifs is 1. The number of likely N-dealkylation sites (tertiary alicyclic amines) is 1. The molecule has 9 heteroatoms.